The second kappa shape index (κ2) is 8.18. The Balaban J connectivity index is 1.56. The average molecular weight is 484 g/mol. The molecule has 0 aliphatic rings. The number of nitrogens with zero attached hydrogens (tertiary/aromatic N) is 5. The van der Waals surface area contributed by atoms with Crippen molar-refractivity contribution in [3.8, 4) is 34.2 Å². The summed E-state index contributed by atoms with van der Waals surface area (Å²) in [6, 6.07) is 33.4. The van der Waals surface area contributed by atoms with Crippen LogP contribution in [0.3, 0.4) is 0 Å². The summed E-state index contributed by atoms with van der Waals surface area (Å²) in [6.07, 6.45) is 0. The van der Waals surface area contributed by atoms with Crippen molar-refractivity contribution < 1.29 is 0 Å². The minimum absolute atomic E-state index is 0.296. The summed E-state index contributed by atoms with van der Waals surface area (Å²) in [7, 11) is 0. The minimum Gasteiger partial charge on any atom is -0.284 e. The molecule has 0 atom stereocenters. The van der Waals surface area contributed by atoms with Gasteiger partial charge in [-0.3, -0.25) is 9.20 Å². The van der Waals surface area contributed by atoms with Gasteiger partial charge in [0.2, 0.25) is 0 Å². The Bertz CT molecular complexity index is 1910. The van der Waals surface area contributed by atoms with Crippen molar-refractivity contribution in [1.29, 1.82) is 0 Å². The normalized spacial score (nSPS) is 11.4. The van der Waals surface area contributed by atoms with Crippen LogP contribution in [0.25, 0.3) is 60.2 Å². The lowest BCUT2D eigenvalue weighted by Crippen LogP contribution is -2.11. The van der Waals surface area contributed by atoms with Gasteiger partial charge in [-0.25, -0.2) is 15.0 Å². The number of thiazole rings is 1. The molecule has 0 fully saturated rings. The van der Waals surface area contributed by atoms with E-state index in [9.17, 15) is 4.79 Å². The van der Waals surface area contributed by atoms with E-state index in [1.807, 2.05) is 108 Å². The molecule has 3 heterocycles. The van der Waals surface area contributed by atoms with Gasteiger partial charge in [0.15, 0.2) is 22.4 Å². The first-order valence-corrected chi connectivity index (χ1v) is 12.3. The maximum absolute atomic E-state index is 13.4. The van der Waals surface area contributed by atoms with E-state index < -0.39 is 0 Å². The van der Waals surface area contributed by atoms with Gasteiger partial charge in [-0.15, -0.1) is 0 Å². The van der Waals surface area contributed by atoms with E-state index in [0.717, 1.165) is 26.9 Å². The maximum atomic E-state index is 13.4. The Morgan fingerprint density at radius 1 is 0.556 bits per heavy atom. The average Bonchev–Trinajstić information content (AvgIpc) is 3.32. The van der Waals surface area contributed by atoms with E-state index in [0.29, 0.717) is 33.4 Å². The molecule has 0 bridgehead atoms. The topological polar surface area (TPSA) is 73.0 Å². The molecular formula is C29H17N5OS. The second-order valence-corrected chi connectivity index (χ2v) is 9.35. The zero-order valence-corrected chi connectivity index (χ0v) is 19.7. The lowest BCUT2D eigenvalue weighted by Gasteiger charge is -2.10. The Morgan fingerprint density at radius 2 is 1.14 bits per heavy atom. The van der Waals surface area contributed by atoms with E-state index in [1.54, 1.807) is 0 Å². The number of hydrogen-bond donors (Lipinski definition) is 0. The van der Waals surface area contributed by atoms with Crippen molar-refractivity contribution in [3.05, 3.63) is 113 Å². The highest BCUT2D eigenvalue weighted by Crippen LogP contribution is 2.32. The van der Waals surface area contributed by atoms with E-state index in [4.69, 9.17) is 15.0 Å². The van der Waals surface area contributed by atoms with Crippen LogP contribution in [-0.4, -0.2) is 24.3 Å². The van der Waals surface area contributed by atoms with Gasteiger partial charge in [-0.2, -0.15) is 4.98 Å². The van der Waals surface area contributed by atoms with E-state index in [-0.39, 0.29) is 5.56 Å². The van der Waals surface area contributed by atoms with Gasteiger partial charge < -0.3 is 0 Å². The molecule has 0 saturated heterocycles. The number of para-hydroxylation sites is 1. The second-order valence-electron chi connectivity index (χ2n) is 8.34. The number of aromatic nitrogens is 5. The minimum atomic E-state index is -0.296. The van der Waals surface area contributed by atoms with Gasteiger partial charge in [0, 0.05) is 16.7 Å². The summed E-state index contributed by atoms with van der Waals surface area (Å²) in [6.45, 7) is 0. The highest BCUT2D eigenvalue weighted by molar-refractivity contribution is 7.23. The SMILES string of the molecule is O=c1nc2sc3ccccc3n2c2cccc(-c3nc(-c4ccccc4)nc(-c4ccccc4)n3)c12. The quantitative estimate of drug-likeness (QED) is 0.297. The molecule has 0 aliphatic carbocycles. The summed E-state index contributed by atoms with van der Waals surface area (Å²) in [4.78, 5) is 32.9. The van der Waals surface area contributed by atoms with Crippen LogP contribution >= 0.6 is 11.3 Å². The largest absolute Gasteiger partial charge is 0.284 e. The molecule has 0 spiro atoms. The zero-order chi connectivity index (χ0) is 24.1. The summed E-state index contributed by atoms with van der Waals surface area (Å²) in [5.41, 5.74) is 3.88. The Kier molecular flexibility index (Phi) is 4.68. The third-order valence-electron chi connectivity index (χ3n) is 6.13. The first kappa shape index (κ1) is 20.6. The molecule has 0 saturated carbocycles. The Labute approximate surface area is 209 Å². The van der Waals surface area contributed by atoms with Crippen LogP contribution in [0.4, 0.5) is 0 Å². The number of hydrogen-bond acceptors (Lipinski definition) is 6. The Morgan fingerprint density at radius 3 is 1.83 bits per heavy atom. The van der Waals surface area contributed by atoms with Crippen molar-refractivity contribution in [3.63, 3.8) is 0 Å². The molecule has 7 heteroatoms. The summed E-state index contributed by atoms with van der Waals surface area (Å²) >= 11 is 1.50. The van der Waals surface area contributed by atoms with Gasteiger partial charge >= 0.3 is 0 Å². The van der Waals surface area contributed by atoms with Gasteiger partial charge in [0.1, 0.15) is 0 Å². The van der Waals surface area contributed by atoms with E-state index in [2.05, 4.69) is 4.98 Å². The molecule has 7 aromatic rings. The van der Waals surface area contributed by atoms with Crippen molar-refractivity contribution in [2.45, 2.75) is 0 Å². The third kappa shape index (κ3) is 3.29. The lowest BCUT2D eigenvalue weighted by atomic mass is 10.1. The molecule has 0 radical (unpaired) electrons. The fraction of sp³-hybridized carbons (Fsp3) is 0. The van der Waals surface area contributed by atoms with Crippen LogP contribution in [0.15, 0.2) is 108 Å². The highest BCUT2D eigenvalue weighted by atomic mass is 32.1. The molecule has 36 heavy (non-hydrogen) atoms. The van der Waals surface area contributed by atoms with Gasteiger partial charge in [-0.1, -0.05) is 96.3 Å². The van der Waals surface area contributed by atoms with Crippen molar-refractivity contribution >= 4 is 37.4 Å². The van der Waals surface area contributed by atoms with Crippen LogP contribution in [-0.2, 0) is 0 Å². The molecule has 4 aromatic carbocycles. The highest BCUT2D eigenvalue weighted by Gasteiger charge is 2.18. The molecule has 0 N–H and O–H groups in total. The number of benzene rings is 4. The molecule has 3 aromatic heterocycles. The van der Waals surface area contributed by atoms with Gasteiger partial charge in [0.05, 0.1) is 21.1 Å². The predicted octanol–water partition coefficient (Wildman–Crippen LogP) is 6.25. The fourth-order valence-corrected chi connectivity index (χ4v) is 5.51. The summed E-state index contributed by atoms with van der Waals surface area (Å²) < 4.78 is 3.11. The molecule has 170 valence electrons. The van der Waals surface area contributed by atoms with Crippen LogP contribution in [0, 0.1) is 0 Å². The standard InChI is InChI=1S/C29H17N5OS/c35-28-24-20(14-9-16-22(24)34-21-15-7-8-17-23(21)36-29(34)33-28)27-31-25(18-10-3-1-4-11-18)30-26(32-27)19-12-5-2-6-13-19/h1-17H. The van der Waals surface area contributed by atoms with Crippen LogP contribution in [0.5, 0.6) is 0 Å². The summed E-state index contributed by atoms with van der Waals surface area (Å²) in [5, 5.41) is 0.489. The van der Waals surface area contributed by atoms with Crippen molar-refractivity contribution in [2.24, 2.45) is 0 Å². The Hall–Kier alpha value is -4.75. The van der Waals surface area contributed by atoms with Crippen molar-refractivity contribution in [1.82, 2.24) is 24.3 Å². The number of fused-ring (bicyclic) bond motifs is 5. The first-order chi connectivity index (χ1) is 17.8. The maximum Gasteiger partial charge on any atom is 0.282 e. The fourth-order valence-electron chi connectivity index (χ4n) is 4.49. The first-order valence-electron chi connectivity index (χ1n) is 11.5. The van der Waals surface area contributed by atoms with Gasteiger partial charge in [0.25, 0.3) is 5.56 Å². The zero-order valence-electron chi connectivity index (χ0n) is 18.9. The van der Waals surface area contributed by atoms with Crippen molar-refractivity contribution in [2.75, 3.05) is 0 Å². The predicted molar refractivity (Wildman–Crippen MR) is 144 cm³/mol. The molecular weight excluding hydrogens is 466 g/mol. The molecule has 0 aliphatic heterocycles. The molecule has 0 amide bonds. The van der Waals surface area contributed by atoms with Crippen LogP contribution in [0.1, 0.15) is 0 Å². The third-order valence-corrected chi connectivity index (χ3v) is 7.15. The van der Waals surface area contributed by atoms with Gasteiger partial charge in [-0.05, 0) is 18.2 Å². The molecule has 6 nitrogen and oxygen atoms in total. The van der Waals surface area contributed by atoms with Crippen LogP contribution in [0.2, 0.25) is 0 Å². The van der Waals surface area contributed by atoms with E-state index in [1.165, 1.54) is 11.3 Å². The van der Waals surface area contributed by atoms with E-state index >= 15 is 0 Å². The lowest BCUT2D eigenvalue weighted by molar-refractivity contribution is 1.07. The number of rotatable bonds is 3. The molecule has 0 unspecified atom stereocenters. The summed E-state index contributed by atoms with van der Waals surface area (Å²) in [5.74, 6) is 1.53. The van der Waals surface area contributed by atoms with Crippen LogP contribution < -0.4 is 5.56 Å². The smallest absolute Gasteiger partial charge is 0.282 e. The monoisotopic (exact) mass is 483 g/mol. The molecule has 7 rings (SSSR count).